The Morgan fingerprint density at radius 2 is 2.05 bits per heavy atom. The van der Waals surface area contributed by atoms with Crippen molar-refractivity contribution in [1.29, 1.82) is 0 Å². The summed E-state index contributed by atoms with van der Waals surface area (Å²) in [6.07, 6.45) is 0.881. The molecule has 0 saturated carbocycles. The van der Waals surface area contributed by atoms with Gasteiger partial charge in [-0.2, -0.15) is 0 Å². The molecule has 1 aromatic heterocycles. The van der Waals surface area contributed by atoms with Gasteiger partial charge in [0.2, 0.25) is 0 Å². The molecule has 4 heteroatoms. The minimum Gasteiger partial charge on any atom is -0.311 e. The number of para-hydroxylation sites is 1. The largest absolute Gasteiger partial charge is 0.311 e. The van der Waals surface area contributed by atoms with Crippen LogP contribution in [0.3, 0.4) is 0 Å². The van der Waals surface area contributed by atoms with Gasteiger partial charge in [0.1, 0.15) is 11.6 Å². The molecule has 2 aromatic rings. The van der Waals surface area contributed by atoms with Crippen LogP contribution in [0.25, 0.3) is 5.69 Å². The van der Waals surface area contributed by atoms with E-state index in [1.165, 1.54) is 6.07 Å². The van der Waals surface area contributed by atoms with E-state index < -0.39 is 0 Å². The van der Waals surface area contributed by atoms with Crippen molar-refractivity contribution in [2.45, 2.75) is 46.1 Å². The van der Waals surface area contributed by atoms with E-state index >= 15 is 0 Å². The maximum absolute atomic E-state index is 14.5. The van der Waals surface area contributed by atoms with Gasteiger partial charge in [-0.25, -0.2) is 9.37 Å². The fraction of sp³-hybridized carbons (Fsp3) is 0.471. The van der Waals surface area contributed by atoms with Crippen molar-refractivity contribution in [2.75, 3.05) is 6.54 Å². The number of hydrogen-bond donors (Lipinski definition) is 1. The van der Waals surface area contributed by atoms with Gasteiger partial charge in [0.05, 0.1) is 11.4 Å². The van der Waals surface area contributed by atoms with Crippen molar-refractivity contribution in [1.82, 2.24) is 14.9 Å². The van der Waals surface area contributed by atoms with Crippen LogP contribution in [0.2, 0.25) is 0 Å². The monoisotopic (exact) mass is 287 g/mol. The second kappa shape index (κ2) is 4.95. The SMILES string of the molecule is Cc1cccc(F)c1-n1c(C(C)(C)C)nc2c1CCNC2. The zero-order valence-electron chi connectivity index (χ0n) is 13.1. The fourth-order valence-electron chi connectivity index (χ4n) is 2.96. The van der Waals surface area contributed by atoms with Crippen LogP contribution in [0.5, 0.6) is 0 Å². The lowest BCUT2D eigenvalue weighted by Gasteiger charge is -2.23. The van der Waals surface area contributed by atoms with E-state index in [9.17, 15) is 4.39 Å². The summed E-state index contributed by atoms with van der Waals surface area (Å²) in [7, 11) is 0. The van der Waals surface area contributed by atoms with Crippen LogP contribution in [0.15, 0.2) is 18.2 Å². The van der Waals surface area contributed by atoms with E-state index in [-0.39, 0.29) is 11.2 Å². The van der Waals surface area contributed by atoms with Crippen molar-refractivity contribution >= 4 is 0 Å². The van der Waals surface area contributed by atoms with Gasteiger partial charge >= 0.3 is 0 Å². The average molecular weight is 287 g/mol. The Kier molecular flexibility index (Phi) is 3.36. The molecule has 0 aliphatic carbocycles. The number of nitrogens with zero attached hydrogens (tertiary/aromatic N) is 2. The minimum atomic E-state index is -0.181. The molecule has 21 heavy (non-hydrogen) atoms. The van der Waals surface area contributed by atoms with Gasteiger partial charge in [0.15, 0.2) is 0 Å². The van der Waals surface area contributed by atoms with Crippen LogP contribution >= 0.6 is 0 Å². The Bertz CT molecular complexity index is 660. The maximum Gasteiger partial charge on any atom is 0.147 e. The molecule has 0 radical (unpaired) electrons. The summed E-state index contributed by atoms with van der Waals surface area (Å²) in [5.41, 5.74) is 3.66. The molecule has 0 spiro atoms. The van der Waals surface area contributed by atoms with Crippen molar-refractivity contribution in [3.8, 4) is 5.69 Å². The first kappa shape index (κ1) is 14.3. The Hall–Kier alpha value is -1.68. The van der Waals surface area contributed by atoms with Crippen molar-refractivity contribution < 1.29 is 4.39 Å². The van der Waals surface area contributed by atoms with E-state index in [4.69, 9.17) is 4.98 Å². The van der Waals surface area contributed by atoms with Crippen LogP contribution < -0.4 is 5.32 Å². The highest BCUT2D eigenvalue weighted by Crippen LogP contribution is 2.31. The average Bonchev–Trinajstić information content (AvgIpc) is 2.78. The predicted molar refractivity (Wildman–Crippen MR) is 82.4 cm³/mol. The third kappa shape index (κ3) is 2.38. The van der Waals surface area contributed by atoms with Gasteiger partial charge in [-0.05, 0) is 18.6 Å². The molecular weight excluding hydrogens is 265 g/mol. The normalized spacial score (nSPS) is 15.1. The molecule has 3 rings (SSSR count). The molecule has 3 nitrogen and oxygen atoms in total. The first-order valence-corrected chi connectivity index (χ1v) is 7.47. The quantitative estimate of drug-likeness (QED) is 0.872. The molecule has 1 N–H and O–H groups in total. The number of aryl methyl sites for hydroxylation is 1. The van der Waals surface area contributed by atoms with Crippen molar-refractivity contribution in [3.05, 3.63) is 46.8 Å². The lowest BCUT2D eigenvalue weighted by Crippen LogP contribution is -2.25. The second-order valence-electron chi connectivity index (χ2n) is 6.75. The summed E-state index contributed by atoms with van der Waals surface area (Å²) in [5, 5.41) is 3.34. The van der Waals surface area contributed by atoms with Crippen LogP contribution in [-0.2, 0) is 18.4 Å². The number of halogens is 1. The third-order valence-electron chi connectivity index (χ3n) is 3.97. The summed E-state index contributed by atoms with van der Waals surface area (Å²) >= 11 is 0. The minimum absolute atomic E-state index is 0.133. The molecule has 0 fully saturated rings. The topological polar surface area (TPSA) is 29.9 Å². The summed E-state index contributed by atoms with van der Waals surface area (Å²) in [6, 6.07) is 5.25. The number of nitrogens with one attached hydrogen (secondary N) is 1. The van der Waals surface area contributed by atoms with Gasteiger partial charge in [0, 0.05) is 30.6 Å². The highest BCUT2D eigenvalue weighted by atomic mass is 19.1. The lowest BCUT2D eigenvalue weighted by atomic mass is 9.95. The highest BCUT2D eigenvalue weighted by molar-refractivity contribution is 5.46. The van der Waals surface area contributed by atoms with Crippen LogP contribution in [-0.4, -0.2) is 16.1 Å². The molecule has 0 atom stereocenters. The number of hydrogen-bond acceptors (Lipinski definition) is 2. The molecule has 2 heterocycles. The summed E-state index contributed by atoms with van der Waals surface area (Å²) in [4.78, 5) is 4.81. The number of aromatic nitrogens is 2. The zero-order chi connectivity index (χ0) is 15.2. The molecule has 0 saturated heterocycles. The van der Waals surface area contributed by atoms with Gasteiger partial charge in [-0.15, -0.1) is 0 Å². The molecule has 0 bridgehead atoms. The van der Waals surface area contributed by atoms with E-state index in [1.54, 1.807) is 6.07 Å². The second-order valence-corrected chi connectivity index (χ2v) is 6.75. The molecular formula is C17H22FN3. The lowest BCUT2D eigenvalue weighted by molar-refractivity contribution is 0.524. The van der Waals surface area contributed by atoms with Gasteiger partial charge in [-0.1, -0.05) is 32.9 Å². The van der Waals surface area contributed by atoms with Crippen LogP contribution in [0.1, 0.15) is 43.5 Å². The molecule has 1 aliphatic rings. The smallest absolute Gasteiger partial charge is 0.147 e. The highest BCUT2D eigenvalue weighted by Gasteiger charge is 2.29. The van der Waals surface area contributed by atoms with Gasteiger partial charge in [0.25, 0.3) is 0 Å². The van der Waals surface area contributed by atoms with Crippen LogP contribution in [0.4, 0.5) is 4.39 Å². The molecule has 0 amide bonds. The zero-order valence-corrected chi connectivity index (χ0v) is 13.1. The van der Waals surface area contributed by atoms with Crippen molar-refractivity contribution in [3.63, 3.8) is 0 Å². The standard InChI is InChI=1S/C17H22FN3/c1-11-6-5-7-12(18)15(11)21-14-8-9-19-10-13(14)20-16(21)17(2,3)4/h5-7,19H,8-10H2,1-4H3. The number of rotatable bonds is 1. The number of benzene rings is 1. The van der Waals surface area contributed by atoms with E-state index in [1.807, 2.05) is 13.0 Å². The third-order valence-corrected chi connectivity index (χ3v) is 3.97. The molecule has 1 aromatic carbocycles. The van der Waals surface area contributed by atoms with E-state index in [0.29, 0.717) is 5.69 Å². The van der Waals surface area contributed by atoms with E-state index in [0.717, 1.165) is 42.3 Å². The first-order valence-electron chi connectivity index (χ1n) is 7.47. The van der Waals surface area contributed by atoms with Gasteiger partial charge < -0.3 is 5.32 Å². The summed E-state index contributed by atoms with van der Waals surface area (Å²) in [6.45, 7) is 10.0. The van der Waals surface area contributed by atoms with Crippen LogP contribution in [0, 0.1) is 12.7 Å². The number of imidazole rings is 1. The van der Waals surface area contributed by atoms with Gasteiger partial charge in [-0.3, -0.25) is 4.57 Å². The predicted octanol–water partition coefficient (Wildman–Crippen LogP) is 3.26. The summed E-state index contributed by atoms with van der Waals surface area (Å²) in [5.74, 6) is 0.753. The molecule has 112 valence electrons. The molecule has 0 unspecified atom stereocenters. The van der Waals surface area contributed by atoms with Crippen molar-refractivity contribution in [2.24, 2.45) is 0 Å². The Morgan fingerprint density at radius 1 is 1.29 bits per heavy atom. The Balaban J connectivity index is 2.33. The molecule has 1 aliphatic heterocycles. The van der Waals surface area contributed by atoms with E-state index in [2.05, 4.69) is 30.7 Å². The fourth-order valence-corrected chi connectivity index (χ4v) is 2.96. The maximum atomic E-state index is 14.5. The summed E-state index contributed by atoms with van der Waals surface area (Å²) < 4.78 is 16.5. The Labute approximate surface area is 125 Å². The first-order chi connectivity index (χ1) is 9.89. The Morgan fingerprint density at radius 3 is 2.71 bits per heavy atom. The number of fused-ring (bicyclic) bond motifs is 1.